The van der Waals surface area contributed by atoms with Crippen molar-refractivity contribution in [3.63, 3.8) is 0 Å². The zero-order valence-corrected chi connectivity index (χ0v) is 23.3. The lowest BCUT2D eigenvalue weighted by Crippen LogP contribution is -1.95. The van der Waals surface area contributed by atoms with Crippen LogP contribution in [0.5, 0.6) is 0 Å². The van der Waals surface area contributed by atoms with Crippen LogP contribution in [0.1, 0.15) is 0 Å². The molecule has 0 spiro atoms. The monoisotopic (exact) mass is 592 g/mol. The SMILES string of the molecule is O=[N+]([O-])c1ccc(Br)cc1-c1cccc2c1c1ccccc1n2-c1ccc2c3ccccc3c3ccccc3c2c1. The van der Waals surface area contributed by atoms with Gasteiger partial charge in [0.1, 0.15) is 0 Å². The van der Waals surface area contributed by atoms with Gasteiger partial charge in [0.05, 0.1) is 21.5 Å². The Balaban J connectivity index is 1.49. The average molecular weight is 593 g/mol. The molecule has 0 aliphatic carbocycles. The van der Waals surface area contributed by atoms with Crippen LogP contribution in [-0.2, 0) is 0 Å². The second kappa shape index (κ2) is 9.01. The van der Waals surface area contributed by atoms with Gasteiger partial charge in [0, 0.05) is 27.0 Å². The standard InChI is InChI=1S/C36H21BrN2O2/c37-22-16-19-34(39(40)41)32(20-22)29-13-7-15-35-36(29)30-12-5-6-14-33(30)38(35)23-17-18-28-26-10-2-1-8-24(26)25-9-3-4-11-27(25)31(28)21-23/h1-21H. The summed E-state index contributed by atoms with van der Waals surface area (Å²) in [6.45, 7) is 0. The third-order valence-corrected chi connectivity index (χ3v) is 8.62. The number of para-hydroxylation sites is 1. The van der Waals surface area contributed by atoms with E-state index in [9.17, 15) is 10.1 Å². The van der Waals surface area contributed by atoms with Crippen molar-refractivity contribution in [3.05, 3.63) is 142 Å². The number of hydrogen-bond acceptors (Lipinski definition) is 2. The number of halogens is 1. The highest BCUT2D eigenvalue weighted by Crippen LogP contribution is 2.43. The maximum absolute atomic E-state index is 12.0. The van der Waals surface area contributed by atoms with Gasteiger partial charge in [-0.2, -0.15) is 0 Å². The highest BCUT2D eigenvalue weighted by Gasteiger charge is 2.22. The van der Waals surface area contributed by atoms with Crippen molar-refractivity contribution in [2.45, 2.75) is 0 Å². The Morgan fingerprint density at radius 1 is 0.537 bits per heavy atom. The third kappa shape index (κ3) is 3.52. The number of nitrogens with zero attached hydrogens (tertiary/aromatic N) is 2. The molecule has 0 saturated heterocycles. The number of aromatic nitrogens is 1. The average Bonchev–Trinajstić information content (AvgIpc) is 3.35. The molecule has 8 rings (SSSR count). The van der Waals surface area contributed by atoms with E-state index in [4.69, 9.17) is 0 Å². The summed E-state index contributed by atoms with van der Waals surface area (Å²) in [7, 11) is 0. The van der Waals surface area contributed by atoms with Gasteiger partial charge in [0.15, 0.2) is 0 Å². The molecule has 0 aliphatic heterocycles. The number of fused-ring (bicyclic) bond motifs is 9. The molecule has 8 aromatic rings. The predicted molar refractivity (Wildman–Crippen MR) is 173 cm³/mol. The minimum Gasteiger partial charge on any atom is -0.309 e. The summed E-state index contributed by atoms with van der Waals surface area (Å²) in [4.78, 5) is 11.7. The van der Waals surface area contributed by atoms with Crippen LogP contribution in [0.15, 0.2) is 132 Å². The van der Waals surface area contributed by atoms with Crippen LogP contribution in [-0.4, -0.2) is 9.49 Å². The van der Waals surface area contributed by atoms with Crippen molar-refractivity contribution < 1.29 is 4.92 Å². The Bertz CT molecular complexity index is 2340. The molecular formula is C36H21BrN2O2. The zero-order valence-electron chi connectivity index (χ0n) is 21.7. The first-order valence-corrected chi connectivity index (χ1v) is 14.2. The van der Waals surface area contributed by atoms with Crippen LogP contribution in [0.25, 0.3) is 70.9 Å². The second-order valence-corrected chi connectivity index (χ2v) is 11.2. The Kier molecular flexibility index (Phi) is 5.24. The van der Waals surface area contributed by atoms with Crippen molar-refractivity contribution in [1.82, 2.24) is 4.57 Å². The molecule has 0 bridgehead atoms. The van der Waals surface area contributed by atoms with Crippen molar-refractivity contribution >= 4 is 75.7 Å². The fourth-order valence-corrected chi connectivity index (χ4v) is 6.80. The van der Waals surface area contributed by atoms with E-state index >= 15 is 0 Å². The zero-order chi connectivity index (χ0) is 27.7. The summed E-state index contributed by atoms with van der Waals surface area (Å²) in [6, 6.07) is 43.4. The van der Waals surface area contributed by atoms with Crippen molar-refractivity contribution in [2.75, 3.05) is 0 Å². The first-order chi connectivity index (χ1) is 20.1. The van der Waals surface area contributed by atoms with E-state index < -0.39 is 0 Å². The molecule has 0 saturated carbocycles. The Labute approximate surface area is 243 Å². The maximum atomic E-state index is 12.0. The van der Waals surface area contributed by atoms with Gasteiger partial charge in [0.2, 0.25) is 0 Å². The lowest BCUT2D eigenvalue weighted by atomic mass is 9.94. The third-order valence-electron chi connectivity index (χ3n) is 8.13. The number of rotatable bonds is 3. The second-order valence-electron chi connectivity index (χ2n) is 10.3. The van der Waals surface area contributed by atoms with Gasteiger partial charge >= 0.3 is 0 Å². The fraction of sp³-hybridized carbons (Fsp3) is 0. The highest BCUT2D eigenvalue weighted by atomic mass is 79.9. The van der Waals surface area contributed by atoms with Gasteiger partial charge < -0.3 is 4.57 Å². The van der Waals surface area contributed by atoms with Crippen LogP contribution in [0.2, 0.25) is 0 Å². The molecular weight excluding hydrogens is 572 g/mol. The lowest BCUT2D eigenvalue weighted by Gasteiger charge is -2.14. The number of nitro groups is 1. The molecule has 1 heterocycles. The summed E-state index contributed by atoms with van der Waals surface area (Å²) in [6.07, 6.45) is 0. The van der Waals surface area contributed by atoms with E-state index in [1.807, 2.05) is 30.3 Å². The van der Waals surface area contributed by atoms with Gasteiger partial charge in [-0.1, -0.05) is 101 Å². The molecule has 0 radical (unpaired) electrons. The molecule has 0 amide bonds. The van der Waals surface area contributed by atoms with E-state index in [1.165, 1.54) is 32.3 Å². The summed E-state index contributed by atoms with van der Waals surface area (Å²) < 4.78 is 3.08. The molecule has 0 N–H and O–H groups in total. The smallest absolute Gasteiger partial charge is 0.277 e. The van der Waals surface area contributed by atoms with E-state index in [2.05, 4.69) is 105 Å². The minimum absolute atomic E-state index is 0.0848. The van der Waals surface area contributed by atoms with E-state index in [1.54, 1.807) is 12.1 Å². The Morgan fingerprint density at radius 2 is 1.12 bits per heavy atom. The summed E-state index contributed by atoms with van der Waals surface area (Å²) >= 11 is 3.53. The van der Waals surface area contributed by atoms with Gasteiger partial charge in [0.25, 0.3) is 5.69 Å². The number of benzene rings is 7. The van der Waals surface area contributed by atoms with E-state index in [0.29, 0.717) is 5.56 Å². The molecule has 41 heavy (non-hydrogen) atoms. The predicted octanol–water partition coefficient (Wildman–Crippen LogP) is 10.6. The van der Waals surface area contributed by atoms with Crippen LogP contribution < -0.4 is 0 Å². The largest absolute Gasteiger partial charge is 0.309 e. The molecule has 5 heteroatoms. The fourth-order valence-electron chi connectivity index (χ4n) is 6.44. The Hall–Kier alpha value is -5.00. The Morgan fingerprint density at radius 3 is 1.80 bits per heavy atom. The number of hydrogen-bond donors (Lipinski definition) is 0. The van der Waals surface area contributed by atoms with Crippen LogP contribution in [0.4, 0.5) is 5.69 Å². The number of nitro benzene ring substituents is 1. The first-order valence-electron chi connectivity index (χ1n) is 13.4. The van der Waals surface area contributed by atoms with Crippen LogP contribution in [0, 0.1) is 10.1 Å². The van der Waals surface area contributed by atoms with Crippen molar-refractivity contribution in [3.8, 4) is 16.8 Å². The summed E-state index contributed by atoms with van der Waals surface area (Å²) in [5.74, 6) is 0. The van der Waals surface area contributed by atoms with Gasteiger partial charge in [-0.3, -0.25) is 10.1 Å². The van der Waals surface area contributed by atoms with Crippen molar-refractivity contribution in [2.24, 2.45) is 0 Å². The topological polar surface area (TPSA) is 48.1 Å². The summed E-state index contributed by atoms with van der Waals surface area (Å²) in [5.41, 5.74) is 4.61. The van der Waals surface area contributed by atoms with E-state index in [0.717, 1.165) is 37.5 Å². The van der Waals surface area contributed by atoms with Gasteiger partial charge in [-0.15, -0.1) is 0 Å². The van der Waals surface area contributed by atoms with E-state index in [-0.39, 0.29) is 10.6 Å². The molecule has 194 valence electrons. The normalized spacial score (nSPS) is 11.7. The maximum Gasteiger partial charge on any atom is 0.277 e. The quantitative estimate of drug-likeness (QED) is 0.116. The van der Waals surface area contributed by atoms with Gasteiger partial charge in [-0.25, -0.2) is 0 Å². The molecule has 4 nitrogen and oxygen atoms in total. The van der Waals surface area contributed by atoms with Crippen LogP contribution in [0.3, 0.4) is 0 Å². The molecule has 1 aromatic heterocycles. The molecule has 7 aromatic carbocycles. The van der Waals surface area contributed by atoms with Crippen LogP contribution >= 0.6 is 15.9 Å². The lowest BCUT2D eigenvalue weighted by molar-refractivity contribution is -0.384. The molecule has 0 atom stereocenters. The molecule has 0 unspecified atom stereocenters. The first kappa shape index (κ1) is 23.9. The highest BCUT2D eigenvalue weighted by molar-refractivity contribution is 9.10. The minimum atomic E-state index is -0.307. The summed E-state index contributed by atoms with van der Waals surface area (Å²) in [5, 5.41) is 21.4. The molecule has 0 aliphatic rings. The molecule has 0 fully saturated rings. The van der Waals surface area contributed by atoms with Gasteiger partial charge in [-0.05, 0) is 74.3 Å². The van der Waals surface area contributed by atoms with Crippen molar-refractivity contribution in [1.29, 1.82) is 0 Å².